The molecule has 0 bridgehead atoms. The van der Waals surface area contributed by atoms with Gasteiger partial charge in [0.2, 0.25) is 0 Å². The topological polar surface area (TPSA) is 12.0 Å². The molecule has 92 valence electrons. The molecule has 1 N–H and O–H groups in total. The van der Waals surface area contributed by atoms with Gasteiger partial charge < -0.3 is 5.32 Å². The number of nitrogens with one attached hydrogen (secondary N) is 1. The molecule has 0 atom stereocenters. The average Bonchev–Trinajstić information content (AvgIpc) is 2.42. The van der Waals surface area contributed by atoms with Crippen molar-refractivity contribution in [3.8, 4) is 0 Å². The standard InChI is InChI=1S/C11H15N.2C2H6/c1-2-9-4-3-5-10-8-12-7-6-11(9)10;2*1-2/h3-5,12H,2,6-8H2,1H3;2*1-2H3. The van der Waals surface area contributed by atoms with Crippen molar-refractivity contribution in [1.82, 2.24) is 5.32 Å². The van der Waals surface area contributed by atoms with Gasteiger partial charge in [-0.1, -0.05) is 52.8 Å². The van der Waals surface area contributed by atoms with Crippen LogP contribution in [0.2, 0.25) is 0 Å². The molecule has 0 amide bonds. The van der Waals surface area contributed by atoms with Gasteiger partial charge in [0.05, 0.1) is 0 Å². The van der Waals surface area contributed by atoms with E-state index in [9.17, 15) is 0 Å². The Morgan fingerprint density at radius 2 is 1.81 bits per heavy atom. The van der Waals surface area contributed by atoms with Gasteiger partial charge in [-0.25, -0.2) is 0 Å². The number of benzene rings is 1. The average molecular weight is 221 g/mol. The van der Waals surface area contributed by atoms with E-state index in [1.165, 1.54) is 24.0 Å². The third-order valence-electron chi connectivity index (χ3n) is 2.62. The molecule has 1 aliphatic heterocycles. The van der Waals surface area contributed by atoms with E-state index in [1.54, 1.807) is 5.56 Å². The van der Waals surface area contributed by atoms with Crippen LogP contribution in [0.25, 0.3) is 0 Å². The van der Waals surface area contributed by atoms with Crippen LogP contribution in [0, 0.1) is 0 Å². The summed E-state index contributed by atoms with van der Waals surface area (Å²) in [6, 6.07) is 6.66. The van der Waals surface area contributed by atoms with E-state index in [0.717, 1.165) is 13.1 Å². The summed E-state index contributed by atoms with van der Waals surface area (Å²) in [6.07, 6.45) is 2.38. The lowest BCUT2D eigenvalue weighted by Crippen LogP contribution is -2.24. The molecule has 16 heavy (non-hydrogen) atoms. The van der Waals surface area contributed by atoms with Crippen molar-refractivity contribution in [1.29, 1.82) is 0 Å². The minimum atomic E-state index is 1.06. The molecule has 1 aromatic carbocycles. The predicted molar refractivity (Wildman–Crippen MR) is 73.9 cm³/mol. The third-order valence-corrected chi connectivity index (χ3v) is 2.62. The molecule has 2 rings (SSSR count). The van der Waals surface area contributed by atoms with Crippen molar-refractivity contribution >= 4 is 0 Å². The van der Waals surface area contributed by atoms with Gasteiger partial charge in [0.15, 0.2) is 0 Å². The molecular formula is C15H27N. The van der Waals surface area contributed by atoms with E-state index in [1.807, 2.05) is 27.7 Å². The van der Waals surface area contributed by atoms with Crippen molar-refractivity contribution in [2.24, 2.45) is 0 Å². The van der Waals surface area contributed by atoms with Crippen molar-refractivity contribution in [3.63, 3.8) is 0 Å². The molecule has 1 heterocycles. The maximum absolute atomic E-state index is 3.39. The van der Waals surface area contributed by atoms with Crippen LogP contribution < -0.4 is 5.32 Å². The van der Waals surface area contributed by atoms with Crippen LogP contribution in [-0.4, -0.2) is 6.54 Å². The zero-order chi connectivity index (χ0) is 12.4. The van der Waals surface area contributed by atoms with E-state index in [4.69, 9.17) is 0 Å². The van der Waals surface area contributed by atoms with Crippen LogP contribution in [0.1, 0.15) is 51.3 Å². The fourth-order valence-electron chi connectivity index (χ4n) is 1.94. The third kappa shape index (κ3) is 3.97. The van der Waals surface area contributed by atoms with Crippen molar-refractivity contribution in [3.05, 3.63) is 34.9 Å². The molecule has 0 aromatic heterocycles. The summed E-state index contributed by atoms with van der Waals surface area (Å²) in [5.41, 5.74) is 4.63. The number of hydrogen-bond acceptors (Lipinski definition) is 1. The van der Waals surface area contributed by atoms with Gasteiger partial charge >= 0.3 is 0 Å². The molecule has 0 aliphatic carbocycles. The van der Waals surface area contributed by atoms with Gasteiger partial charge in [0.25, 0.3) is 0 Å². The summed E-state index contributed by atoms with van der Waals surface area (Å²) < 4.78 is 0. The smallest absolute Gasteiger partial charge is 0.0208 e. The van der Waals surface area contributed by atoms with E-state index in [2.05, 4.69) is 30.4 Å². The Morgan fingerprint density at radius 1 is 1.12 bits per heavy atom. The Morgan fingerprint density at radius 3 is 2.44 bits per heavy atom. The van der Waals surface area contributed by atoms with E-state index < -0.39 is 0 Å². The summed E-state index contributed by atoms with van der Waals surface area (Å²) in [4.78, 5) is 0. The second-order valence-electron chi connectivity index (χ2n) is 3.34. The van der Waals surface area contributed by atoms with Gasteiger partial charge in [-0.3, -0.25) is 0 Å². The molecule has 0 unspecified atom stereocenters. The molecule has 0 radical (unpaired) electrons. The number of rotatable bonds is 1. The molecular weight excluding hydrogens is 194 g/mol. The molecule has 0 saturated heterocycles. The molecule has 1 aromatic rings. The normalized spacial score (nSPS) is 12.6. The van der Waals surface area contributed by atoms with Crippen LogP contribution in [0.3, 0.4) is 0 Å². The molecule has 0 fully saturated rings. The highest BCUT2D eigenvalue weighted by atomic mass is 14.9. The fourth-order valence-corrected chi connectivity index (χ4v) is 1.94. The Bertz CT molecular complexity index is 265. The SMILES string of the molecule is CC.CC.CCc1cccc2c1CCNC2. The van der Waals surface area contributed by atoms with Crippen LogP contribution in [-0.2, 0) is 19.4 Å². The van der Waals surface area contributed by atoms with Gasteiger partial charge in [-0.05, 0) is 36.1 Å². The number of hydrogen-bond donors (Lipinski definition) is 1. The zero-order valence-corrected chi connectivity index (χ0v) is 11.6. The quantitative estimate of drug-likeness (QED) is 0.757. The first kappa shape index (κ1) is 15.2. The predicted octanol–water partition coefficient (Wildman–Crippen LogP) is 3.95. The maximum atomic E-state index is 3.39. The second-order valence-corrected chi connectivity index (χ2v) is 3.34. The summed E-state index contributed by atoms with van der Waals surface area (Å²) in [5.74, 6) is 0. The number of aryl methyl sites for hydroxylation is 1. The van der Waals surface area contributed by atoms with Gasteiger partial charge in [0.1, 0.15) is 0 Å². The minimum Gasteiger partial charge on any atom is -0.312 e. The summed E-state index contributed by atoms with van der Waals surface area (Å²) in [5, 5.41) is 3.39. The van der Waals surface area contributed by atoms with Gasteiger partial charge in [-0.2, -0.15) is 0 Å². The van der Waals surface area contributed by atoms with Crippen LogP contribution in [0.15, 0.2) is 18.2 Å². The first-order valence-corrected chi connectivity index (χ1v) is 6.72. The minimum absolute atomic E-state index is 1.06. The maximum Gasteiger partial charge on any atom is 0.0208 e. The van der Waals surface area contributed by atoms with Gasteiger partial charge in [0, 0.05) is 6.54 Å². The molecule has 1 heteroatoms. The van der Waals surface area contributed by atoms with Crippen molar-refractivity contribution < 1.29 is 0 Å². The summed E-state index contributed by atoms with van der Waals surface area (Å²) in [6.45, 7) is 12.4. The monoisotopic (exact) mass is 221 g/mol. The highest BCUT2D eigenvalue weighted by molar-refractivity contribution is 5.36. The van der Waals surface area contributed by atoms with E-state index >= 15 is 0 Å². The van der Waals surface area contributed by atoms with Crippen molar-refractivity contribution in [2.75, 3.05) is 6.54 Å². The van der Waals surface area contributed by atoms with Crippen molar-refractivity contribution in [2.45, 2.75) is 54.0 Å². The first-order chi connectivity index (χ1) is 7.92. The van der Waals surface area contributed by atoms with Gasteiger partial charge in [-0.15, -0.1) is 0 Å². The van der Waals surface area contributed by atoms with E-state index in [-0.39, 0.29) is 0 Å². The highest BCUT2D eigenvalue weighted by Crippen LogP contribution is 2.18. The summed E-state index contributed by atoms with van der Waals surface area (Å²) >= 11 is 0. The summed E-state index contributed by atoms with van der Waals surface area (Å²) in [7, 11) is 0. The Labute approximate surface area is 101 Å². The Hall–Kier alpha value is -0.820. The Kier molecular flexibility index (Phi) is 8.93. The van der Waals surface area contributed by atoms with Crippen LogP contribution >= 0.6 is 0 Å². The number of fused-ring (bicyclic) bond motifs is 1. The Balaban J connectivity index is 0.000000509. The molecule has 1 aliphatic rings. The molecule has 1 nitrogen and oxygen atoms in total. The fraction of sp³-hybridized carbons (Fsp3) is 0.600. The second kappa shape index (κ2) is 9.41. The largest absolute Gasteiger partial charge is 0.312 e. The lowest BCUT2D eigenvalue weighted by molar-refractivity contribution is 0.639. The first-order valence-electron chi connectivity index (χ1n) is 6.72. The lowest BCUT2D eigenvalue weighted by Gasteiger charge is -2.19. The highest BCUT2D eigenvalue weighted by Gasteiger charge is 2.10. The zero-order valence-electron chi connectivity index (χ0n) is 11.6. The van der Waals surface area contributed by atoms with E-state index in [0.29, 0.717) is 0 Å². The van der Waals surface area contributed by atoms with Crippen LogP contribution in [0.5, 0.6) is 0 Å². The molecule has 0 spiro atoms. The molecule has 0 saturated carbocycles. The lowest BCUT2D eigenvalue weighted by atomic mass is 9.94. The van der Waals surface area contributed by atoms with Crippen LogP contribution in [0.4, 0.5) is 0 Å².